The molecule has 2 aromatic heterocycles. The molecule has 0 aliphatic heterocycles. The van der Waals surface area contributed by atoms with Crippen LogP contribution in [0.2, 0.25) is 0 Å². The van der Waals surface area contributed by atoms with Crippen LogP contribution >= 0.6 is 11.3 Å². The lowest BCUT2D eigenvalue weighted by atomic mass is 9.67. The SMILES string of the molecule is c1ccc(-c2ccc(-c3ccc(N(c4ccc(-c5cccc6oc7ccccc7c56)cc4)c4ccc5sc6c(-c7ccc(C8(c9ccc(-c%10ccccc%10)cc9)c9ccccc9-c9ccccc98)cc7)cccc6c5c4)cc3)cc2)cc1. The summed E-state index contributed by atoms with van der Waals surface area (Å²) in [4.78, 5) is 2.40. The fraction of sp³-hybridized carbons (Fsp3) is 0.0127. The maximum absolute atomic E-state index is 6.32. The molecule has 0 unspecified atom stereocenters. The van der Waals surface area contributed by atoms with Gasteiger partial charge >= 0.3 is 0 Å². The summed E-state index contributed by atoms with van der Waals surface area (Å²) in [6, 6.07) is 113. The minimum atomic E-state index is -0.496. The van der Waals surface area contributed by atoms with Crippen LogP contribution in [0.5, 0.6) is 0 Å². The number of para-hydroxylation sites is 1. The molecule has 1 aliphatic rings. The summed E-state index contributed by atoms with van der Waals surface area (Å²) in [6.07, 6.45) is 0. The average molecular weight is 1060 g/mol. The number of fused-ring (bicyclic) bond motifs is 9. The lowest BCUT2D eigenvalue weighted by molar-refractivity contribution is 0.669. The molecule has 2 nitrogen and oxygen atoms in total. The van der Waals surface area contributed by atoms with E-state index in [1.165, 1.54) is 98.1 Å². The third-order valence-electron chi connectivity index (χ3n) is 17.0. The highest BCUT2D eigenvalue weighted by Crippen LogP contribution is 2.56. The van der Waals surface area contributed by atoms with Crippen molar-refractivity contribution in [2.75, 3.05) is 4.90 Å². The van der Waals surface area contributed by atoms with E-state index in [-0.39, 0.29) is 0 Å². The smallest absolute Gasteiger partial charge is 0.136 e. The van der Waals surface area contributed by atoms with Crippen LogP contribution in [0.4, 0.5) is 17.1 Å². The summed E-state index contributed by atoms with van der Waals surface area (Å²) in [5.41, 5.74) is 24.2. The van der Waals surface area contributed by atoms with Gasteiger partial charge in [0.05, 0.1) is 5.41 Å². The first kappa shape index (κ1) is 47.7. The summed E-state index contributed by atoms with van der Waals surface area (Å²) < 4.78 is 8.86. The summed E-state index contributed by atoms with van der Waals surface area (Å²) >= 11 is 1.88. The van der Waals surface area contributed by atoms with Gasteiger partial charge in [-0.2, -0.15) is 0 Å². The molecule has 0 fully saturated rings. The molecule has 0 N–H and O–H groups in total. The van der Waals surface area contributed by atoms with Gasteiger partial charge in [-0.05, 0) is 144 Å². The molecule has 2 heterocycles. The van der Waals surface area contributed by atoms with Gasteiger partial charge in [-0.3, -0.25) is 0 Å². The molecule has 16 rings (SSSR count). The van der Waals surface area contributed by atoms with E-state index in [0.29, 0.717) is 0 Å². The van der Waals surface area contributed by atoms with Crippen molar-refractivity contribution in [2.24, 2.45) is 0 Å². The van der Waals surface area contributed by atoms with E-state index in [4.69, 9.17) is 4.42 Å². The molecule has 0 bridgehead atoms. The number of nitrogens with zero attached hydrogens (tertiary/aromatic N) is 1. The molecule has 82 heavy (non-hydrogen) atoms. The van der Waals surface area contributed by atoms with Gasteiger partial charge in [0.25, 0.3) is 0 Å². The lowest BCUT2D eigenvalue weighted by Crippen LogP contribution is -2.28. The Bertz CT molecular complexity index is 4820. The minimum absolute atomic E-state index is 0.496. The number of hydrogen-bond donors (Lipinski definition) is 0. The molecule has 1 aliphatic carbocycles. The number of anilines is 3. The molecule has 3 heteroatoms. The zero-order valence-corrected chi connectivity index (χ0v) is 45.5. The van der Waals surface area contributed by atoms with E-state index >= 15 is 0 Å². The van der Waals surface area contributed by atoms with Crippen molar-refractivity contribution < 1.29 is 4.42 Å². The van der Waals surface area contributed by atoms with Crippen LogP contribution < -0.4 is 4.90 Å². The van der Waals surface area contributed by atoms with Gasteiger partial charge < -0.3 is 9.32 Å². The molecule has 13 aromatic carbocycles. The molecular weight excluding hydrogens is 1010 g/mol. The van der Waals surface area contributed by atoms with Gasteiger partial charge in [0, 0.05) is 48.0 Å². The number of hydrogen-bond acceptors (Lipinski definition) is 3. The van der Waals surface area contributed by atoms with E-state index in [1.807, 2.05) is 23.5 Å². The number of furan rings is 1. The number of thiophene rings is 1. The fourth-order valence-corrected chi connectivity index (χ4v) is 14.4. The number of rotatable bonds is 10. The van der Waals surface area contributed by atoms with Crippen LogP contribution in [-0.4, -0.2) is 0 Å². The molecular formula is C79H51NOS. The topological polar surface area (TPSA) is 16.4 Å². The third-order valence-corrected chi connectivity index (χ3v) is 18.3. The fourth-order valence-electron chi connectivity index (χ4n) is 13.2. The van der Waals surface area contributed by atoms with Crippen molar-refractivity contribution in [1.82, 2.24) is 0 Å². The number of benzene rings is 13. The largest absolute Gasteiger partial charge is 0.456 e. The Morgan fingerprint density at radius 2 is 0.695 bits per heavy atom. The van der Waals surface area contributed by atoms with E-state index in [9.17, 15) is 0 Å². The average Bonchev–Trinajstić information content (AvgIpc) is 4.05. The normalized spacial score (nSPS) is 12.5. The van der Waals surface area contributed by atoms with Crippen molar-refractivity contribution in [3.63, 3.8) is 0 Å². The van der Waals surface area contributed by atoms with Crippen LogP contribution in [0.15, 0.2) is 314 Å². The first-order valence-corrected chi connectivity index (χ1v) is 28.9. The van der Waals surface area contributed by atoms with Gasteiger partial charge in [0.15, 0.2) is 0 Å². The van der Waals surface area contributed by atoms with Gasteiger partial charge in [0.1, 0.15) is 11.2 Å². The summed E-state index contributed by atoms with van der Waals surface area (Å²) in [5.74, 6) is 0. The Balaban J connectivity index is 0.785. The Labute approximate surface area is 480 Å². The lowest BCUT2D eigenvalue weighted by Gasteiger charge is -2.34. The Morgan fingerprint density at radius 3 is 1.30 bits per heavy atom. The van der Waals surface area contributed by atoms with Crippen LogP contribution in [-0.2, 0) is 5.41 Å². The summed E-state index contributed by atoms with van der Waals surface area (Å²) in [6.45, 7) is 0. The minimum Gasteiger partial charge on any atom is -0.456 e. The second kappa shape index (κ2) is 19.5. The van der Waals surface area contributed by atoms with Crippen molar-refractivity contribution in [3.05, 3.63) is 332 Å². The van der Waals surface area contributed by atoms with E-state index in [2.05, 4.69) is 302 Å². The zero-order valence-electron chi connectivity index (χ0n) is 44.7. The standard InChI is InChI=1S/C79H51NOS/c1-3-15-52(16-4-1)54-29-31-55(32-30-54)57-37-45-62(46-38-57)80(63-47-39-58(40-48-63)65-22-14-28-75-77(65)70-21-9-12-27-74(70)81-75)64-49-50-76-71(51-64)69-24-13-23-66(78(69)82-76)59-35-43-61(44-36-59)79(60-41-33-56(34-42-60)53-17-5-2-6-18-53)72-25-10-7-19-67(72)68-20-8-11-26-73(68)79/h1-51H. The van der Waals surface area contributed by atoms with Crippen molar-refractivity contribution in [2.45, 2.75) is 5.41 Å². The van der Waals surface area contributed by atoms with Gasteiger partial charge in [-0.25, -0.2) is 0 Å². The van der Waals surface area contributed by atoms with Crippen molar-refractivity contribution in [1.29, 1.82) is 0 Å². The van der Waals surface area contributed by atoms with Crippen LogP contribution in [0.1, 0.15) is 22.3 Å². The molecule has 0 radical (unpaired) electrons. The van der Waals surface area contributed by atoms with Crippen LogP contribution in [0.3, 0.4) is 0 Å². The molecule has 0 amide bonds. The monoisotopic (exact) mass is 1060 g/mol. The van der Waals surface area contributed by atoms with Crippen molar-refractivity contribution >= 4 is 70.5 Å². The summed E-state index contributed by atoms with van der Waals surface area (Å²) in [5, 5.41) is 4.76. The molecule has 0 atom stereocenters. The highest BCUT2D eigenvalue weighted by molar-refractivity contribution is 7.26. The first-order chi connectivity index (χ1) is 40.6. The quantitative estimate of drug-likeness (QED) is 0.136. The predicted molar refractivity (Wildman–Crippen MR) is 346 cm³/mol. The van der Waals surface area contributed by atoms with Crippen molar-refractivity contribution in [3.8, 4) is 66.8 Å². The predicted octanol–water partition coefficient (Wildman–Crippen LogP) is 22.1. The second-order valence-electron chi connectivity index (χ2n) is 21.5. The van der Waals surface area contributed by atoms with E-state index in [0.717, 1.165) is 50.1 Å². The van der Waals surface area contributed by atoms with Gasteiger partial charge in [-0.15, -0.1) is 11.3 Å². The Morgan fingerprint density at radius 1 is 0.280 bits per heavy atom. The van der Waals surface area contributed by atoms with Gasteiger partial charge in [0.2, 0.25) is 0 Å². The molecule has 0 spiro atoms. The second-order valence-corrected chi connectivity index (χ2v) is 22.5. The maximum atomic E-state index is 6.32. The Hall–Kier alpha value is -10.3. The highest BCUT2D eigenvalue weighted by Gasteiger charge is 2.46. The zero-order chi connectivity index (χ0) is 54.1. The van der Waals surface area contributed by atoms with Crippen LogP contribution in [0, 0.1) is 0 Å². The van der Waals surface area contributed by atoms with E-state index < -0.39 is 5.41 Å². The molecule has 0 saturated heterocycles. The highest BCUT2D eigenvalue weighted by atomic mass is 32.1. The summed E-state index contributed by atoms with van der Waals surface area (Å²) in [7, 11) is 0. The molecule has 384 valence electrons. The third kappa shape index (κ3) is 7.77. The Kier molecular flexibility index (Phi) is 11.3. The van der Waals surface area contributed by atoms with Crippen LogP contribution in [0.25, 0.3) is 109 Å². The first-order valence-electron chi connectivity index (χ1n) is 28.1. The molecule has 15 aromatic rings. The van der Waals surface area contributed by atoms with Gasteiger partial charge in [-0.1, -0.05) is 255 Å². The van der Waals surface area contributed by atoms with E-state index in [1.54, 1.807) is 0 Å². The maximum Gasteiger partial charge on any atom is 0.136 e. The molecule has 0 saturated carbocycles.